The van der Waals surface area contributed by atoms with Crippen LogP contribution in [-0.4, -0.2) is 36.6 Å². The Labute approximate surface area is 70.0 Å². The molecular formula is C9H20N2. The van der Waals surface area contributed by atoms with Gasteiger partial charge < -0.3 is 5.32 Å². The van der Waals surface area contributed by atoms with Crippen LogP contribution in [0.1, 0.15) is 27.2 Å². The molecule has 2 nitrogen and oxygen atoms in total. The summed E-state index contributed by atoms with van der Waals surface area (Å²) < 4.78 is 0. The Morgan fingerprint density at radius 3 is 2.82 bits per heavy atom. The van der Waals surface area contributed by atoms with Crippen LogP contribution in [-0.2, 0) is 0 Å². The molecule has 0 aliphatic carbocycles. The van der Waals surface area contributed by atoms with Gasteiger partial charge in [-0.3, -0.25) is 4.90 Å². The largest absolute Gasteiger partial charge is 0.311 e. The molecule has 0 unspecified atom stereocenters. The average Bonchev–Trinajstić information content (AvgIpc) is 1.98. The lowest BCUT2D eigenvalue weighted by atomic mass is 10.1. The van der Waals surface area contributed by atoms with Gasteiger partial charge in [-0.15, -0.1) is 0 Å². The van der Waals surface area contributed by atoms with E-state index >= 15 is 0 Å². The standard InChI is InChI=1S/C9H20N2/c1-4-5-11-7-8(2)10-6-9(11)3/h8-10H,4-7H2,1-3H3/t8-,9+/m0/s1. The van der Waals surface area contributed by atoms with E-state index in [4.69, 9.17) is 0 Å². The number of hydrogen-bond donors (Lipinski definition) is 1. The predicted molar refractivity (Wildman–Crippen MR) is 48.8 cm³/mol. The van der Waals surface area contributed by atoms with Gasteiger partial charge >= 0.3 is 0 Å². The Bertz CT molecular complexity index is 114. The summed E-state index contributed by atoms with van der Waals surface area (Å²) in [5, 5.41) is 3.48. The molecule has 0 bridgehead atoms. The summed E-state index contributed by atoms with van der Waals surface area (Å²) in [6.07, 6.45) is 1.27. The van der Waals surface area contributed by atoms with Crippen molar-refractivity contribution in [2.24, 2.45) is 0 Å². The van der Waals surface area contributed by atoms with Gasteiger partial charge in [-0.05, 0) is 26.8 Å². The second-order valence-corrected chi connectivity index (χ2v) is 3.65. The molecule has 0 aromatic rings. The Hall–Kier alpha value is -0.0800. The van der Waals surface area contributed by atoms with E-state index in [0.29, 0.717) is 6.04 Å². The van der Waals surface area contributed by atoms with Gasteiger partial charge in [-0.1, -0.05) is 6.92 Å². The van der Waals surface area contributed by atoms with Gasteiger partial charge in [-0.2, -0.15) is 0 Å². The summed E-state index contributed by atoms with van der Waals surface area (Å²) in [6, 6.07) is 1.41. The molecule has 0 amide bonds. The van der Waals surface area contributed by atoms with Gasteiger partial charge in [0.05, 0.1) is 0 Å². The van der Waals surface area contributed by atoms with Crippen molar-refractivity contribution in [3.63, 3.8) is 0 Å². The summed E-state index contributed by atoms with van der Waals surface area (Å²) in [4.78, 5) is 2.57. The fourth-order valence-corrected chi connectivity index (χ4v) is 1.70. The van der Waals surface area contributed by atoms with Gasteiger partial charge in [0, 0.05) is 25.2 Å². The molecule has 11 heavy (non-hydrogen) atoms. The van der Waals surface area contributed by atoms with Crippen molar-refractivity contribution in [1.29, 1.82) is 0 Å². The SMILES string of the molecule is CCCN1C[C@H](C)NC[C@H]1C. The Morgan fingerprint density at radius 1 is 1.45 bits per heavy atom. The van der Waals surface area contributed by atoms with Gasteiger partial charge in [-0.25, -0.2) is 0 Å². The molecule has 1 fully saturated rings. The molecule has 1 N–H and O–H groups in total. The third-order valence-corrected chi connectivity index (χ3v) is 2.40. The lowest BCUT2D eigenvalue weighted by Crippen LogP contribution is -2.54. The molecule has 1 rings (SSSR count). The maximum Gasteiger partial charge on any atom is 0.0193 e. The number of nitrogens with zero attached hydrogens (tertiary/aromatic N) is 1. The van der Waals surface area contributed by atoms with Crippen molar-refractivity contribution < 1.29 is 0 Å². The molecule has 2 heteroatoms. The van der Waals surface area contributed by atoms with Gasteiger partial charge in [0.25, 0.3) is 0 Å². The van der Waals surface area contributed by atoms with E-state index in [1.165, 1.54) is 19.5 Å². The highest BCUT2D eigenvalue weighted by molar-refractivity contribution is 4.80. The van der Waals surface area contributed by atoms with E-state index in [9.17, 15) is 0 Å². The van der Waals surface area contributed by atoms with Crippen molar-refractivity contribution in [2.45, 2.75) is 39.3 Å². The highest BCUT2D eigenvalue weighted by Crippen LogP contribution is 2.06. The fraction of sp³-hybridized carbons (Fsp3) is 1.00. The zero-order valence-corrected chi connectivity index (χ0v) is 7.93. The zero-order chi connectivity index (χ0) is 8.27. The third-order valence-electron chi connectivity index (χ3n) is 2.40. The quantitative estimate of drug-likeness (QED) is 0.643. The van der Waals surface area contributed by atoms with Crippen LogP contribution >= 0.6 is 0 Å². The van der Waals surface area contributed by atoms with E-state index in [1.54, 1.807) is 0 Å². The molecule has 1 aliphatic heterocycles. The van der Waals surface area contributed by atoms with Crippen LogP contribution in [0.3, 0.4) is 0 Å². The van der Waals surface area contributed by atoms with E-state index in [1.807, 2.05) is 0 Å². The first-order valence-electron chi connectivity index (χ1n) is 4.71. The Balaban J connectivity index is 2.34. The van der Waals surface area contributed by atoms with Crippen molar-refractivity contribution in [3.05, 3.63) is 0 Å². The first kappa shape index (κ1) is 9.01. The molecule has 66 valence electrons. The molecule has 1 heterocycles. The van der Waals surface area contributed by atoms with Gasteiger partial charge in [0.15, 0.2) is 0 Å². The van der Waals surface area contributed by atoms with Gasteiger partial charge in [0.2, 0.25) is 0 Å². The maximum atomic E-state index is 3.48. The van der Waals surface area contributed by atoms with Crippen LogP contribution in [0.2, 0.25) is 0 Å². The number of nitrogens with one attached hydrogen (secondary N) is 1. The molecule has 2 atom stereocenters. The van der Waals surface area contributed by atoms with Crippen molar-refractivity contribution in [1.82, 2.24) is 10.2 Å². The normalized spacial score (nSPS) is 34.1. The average molecular weight is 156 g/mol. The summed E-state index contributed by atoms with van der Waals surface area (Å²) in [7, 11) is 0. The highest BCUT2D eigenvalue weighted by Gasteiger charge is 2.20. The van der Waals surface area contributed by atoms with E-state index < -0.39 is 0 Å². The van der Waals surface area contributed by atoms with Crippen LogP contribution in [0, 0.1) is 0 Å². The maximum absolute atomic E-state index is 3.48. The number of hydrogen-bond acceptors (Lipinski definition) is 2. The topological polar surface area (TPSA) is 15.3 Å². The van der Waals surface area contributed by atoms with Crippen LogP contribution in [0.15, 0.2) is 0 Å². The van der Waals surface area contributed by atoms with Crippen LogP contribution in [0.4, 0.5) is 0 Å². The molecule has 0 spiro atoms. The molecule has 0 radical (unpaired) electrons. The monoisotopic (exact) mass is 156 g/mol. The minimum absolute atomic E-state index is 0.678. The lowest BCUT2D eigenvalue weighted by Gasteiger charge is -2.37. The van der Waals surface area contributed by atoms with E-state index in [-0.39, 0.29) is 0 Å². The van der Waals surface area contributed by atoms with Crippen LogP contribution in [0.25, 0.3) is 0 Å². The lowest BCUT2D eigenvalue weighted by molar-refractivity contribution is 0.147. The smallest absolute Gasteiger partial charge is 0.0193 e. The predicted octanol–water partition coefficient (Wildman–Crippen LogP) is 1.08. The molecular weight excluding hydrogens is 136 g/mol. The molecule has 0 saturated carbocycles. The van der Waals surface area contributed by atoms with Crippen molar-refractivity contribution in [3.8, 4) is 0 Å². The van der Waals surface area contributed by atoms with Crippen molar-refractivity contribution >= 4 is 0 Å². The zero-order valence-electron chi connectivity index (χ0n) is 7.93. The first-order chi connectivity index (χ1) is 5.24. The van der Waals surface area contributed by atoms with E-state index in [0.717, 1.165) is 12.6 Å². The van der Waals surface area contributed by atoms with E-state index in [2.05, 4.69) is 31.0 Å². The molecule has 1 aliphatic rings. The second-order valence-electron chi connectivity index (χ2n) is 3.65. The minimum Gasteiger partial charge on any atom is -0.311 e. The third kappa shape index (κ3) is 2.46. The van der Waals surface area contributed by atoms with Crippen LogP contribution < -0.4 is 5.32 Å². The van der Waals surface area contributed by atoms with Gasteiger partial charge in [0.1, 0.15) is 0 Å². The molecule has 0 aromatic carbocycles. The van der Waals surface area contributed by atoms with Crippen molar-refractivity contribution in [2.75, 3.05) is 19.6 Å². The fourth-order valence-electron chi connectivity index (χ4n) is 1.70. The summed E-state index contributed by atoms with van der Waals surface area (Å²) in [5.41, 5.74) is 0. The van der Waals surface area contributed by atoms with Crippen LogP contribution in [0.5, 0.6) is 0 Å². The Kier molecular flexibility index (Phi) is 3.34. The highest BCUT2D eigenvalue weighted by atomic mass is 15.2. The summed E-state index contributed by atoms with van der Waals surface area (Å²) in [6.45, 7) is 10.4. The minimum atomic E-state index is 0.678. The molecule has 0 aromatic heterocycles. The number of piperazine rings is 1. The molecule has 1 saturated heterocycles. The summed E-state index contributed by atoms with van der Waals surface area (Å²) >= 11 is 0. The summed E-state index contributed by atoms with van der Waals surface area (Å²) in [5.74, 6) is 0. The second kappa shape index (κ2) is 4.07. The number of rotatable bonds is 2. The first-order valence-corrected chi connectivity index (χ1v) is 4.71. The Morgan fingerprint density at radius 2 is 2.18 bits per heavy atom.